The second-order valence-electron chi connectivity index (χ2n) is 4.04. The molecule has 0 saturated carbocycles. The van der Waals surface area contributed by atoms with Gasteiger partial charge in [-0.2, -0.15) is 13.2 Å². The van der Waals surface area contributed by atoms with Crippen molar-refractivity contribution in [1.82, 2.24) is 4.90 Å². The maximum atomic E-state index is 12.7. The minimum Gasteiger partial charge on any atom is -0.208 e. The van der Waals surface area contributed by atoms with Crippen molar-refractivity contribution in [2.24, 2.45) is 0 Å². The van der Waals surface area contributed by atoms with Gasteiger partial charge in [-0.15, -0.1) is 11.8 Å². The lowest BCUT2D eigenvalue weighted by molar-refractivity contribution is -0.259. The molecule has 0 N–H and O–H groups in total. The van der Waals surface area contributed by atoms with Crippen molar-refractivity contribution in [3.05, 3.63) is 29.8 Å². The van der Waals surface area contributed by atoms with Crippen molar-refractivity contribution in [2.75, 3.05) is 6.26 Å². The Hall–Kier alpha value is -0.680. The highest BCUT2D eigenvalue weighted by molar-refractivity contribution is 7.98. The maximum absolute atomic E-state index is 12.7. The van der Waals surface area contributed by atoms with E-state index in [9.17, 15) is 13.2 Å². The predicted octanol–water partition coefficient (Wildman–Crippen LogP) is 4.14. The van der Waals surface area contributed by atoms with Gasteiger partial charge in [0.1, 0.15) is 0 Å². The summed E-state index contributed by atoms with van der Waals surface area (Å²) in [7, 11) is 0. The normalized spacial score (nSPS) is 12.5. The quantitative estimate of drug-likeness (QED) is 0.593. The molecule has 0 saturated heterocycles. The molecule has 1 aromatic carbocycles. The average Bonchev–Trinajstić information content (AvgIpc) is 2.24. The molecule has 1 aromatic rings. The molecular formula is C12H16F3NS. The Morgan fingerprint density at radius 2 is 1.71 bits per heavy atom. The highest BCUT2D eigenvalue weighted by Gasteiger charge is 2.38. The Morgan fingerprint density at radius 3 is 2.06 bits per heavy atom. The van der Waals surface area contributed by atoms with E-state index in [2.05, 4.69) is 0 Å². The molecule has 0 atom stereocenters. The van der Waals surface area contributed by atoms with Gasteiger partial charge >= 0.3 is 6.30 Å². The van der Waals surface area contributed by atoms with E-state index in [1.54, 1.807) is 37.7 Å². The molecule has 96 valence electrons. The zero-order valence-corrected chi connectivity index (χ0v) is 10.9. The first-order chi connectivity index (χ1) is 7.84. The summed E-state index contributed by atoms with van der Waals surface area (Å²) in [5.74, 6) is 0. The lowest BCUT2D eigenvalue weighted by Gasteiger charge is -2.28. The molecule has 0 heterocycles. The highest BCUT2D eigenvalue weighted by Crippen LogP contribution is 2.26. The zero-order chi connectivity index (χ0) is 13.1. The minimum absolute atomic E-state index is 0.101. The molecule has 0 aliphatic rings. The number of alkyl halides is 3. The van der Waals surface area contributed by atoms with Crippen molar-refractivity contribution in [3.63, 3.8) is 0 Å². The lowest BCUT2D eigenvalue weighted by atomic mass is 10.2. The van der Waals surface area contributed by atoms with Crippen LogP contribution in [0.15, 0.2) is 29.2 Å². The second kappa shape index (κ2) is 5.78. The Morgan fingerprint density at radius 1 is 1.18 bits per heavy atom. The molecule has 0 aromatic heterocycles. The molecule has 0 aliphatic carbocycles. The molecule has 0 radical (unpaired) electrons. The van der Waals surface area contributed by atoms with Crippen LogP contribution in [-0.2, 0) is 6.54 Å². The fourth-order valence-corrected chi connectivity index (χ4v) is 1.90. The van der Waals surface area contributed by atoms with Gasteiger partial charge in [-0.05, 0) is 37.8 Å². The zero-order valence-electron chi connectivity index (χ0n) is 10.1. The van der Waals surface area contributed by atoms with Crippen molar-refractivity contribution >= 4 is 11.8 Å². The summed E-state index contributed by atoms with van der Waals surface area (Å²) in [5.41, 5.74) is 0.675. The Labute approximate surface area is 104 Å². The fraction of sp³-hybridized carbons (Fsp3) is 0.500. The summed E-state index contributed by atoms with van der Waals surface area (Å²) in [6, 6.07) is 6.61. The third-order valence-electron chi connectivity index (χ3n) is 2.46. The first-order valence-electron chi connectivity index (χ1n) is 5.31. The minimum atomic E-state index is -4.29. The molecule has 1 rings (SSSR count). The molecule has 0 unspecified atom stereocenters. The van der Waals surface area contributed by atoms with Crippen LogP contribution >= 0.6 is 11.8 Å². The van der Waals surface area contributed by atoms with E-state index in [1.165, 1.54) is 0 Å². The molecule has 1 nitrogen and oxygen atoms in total. The average molecular weight is 263 g/mol. The summed E-state index contributed by atoms with van der Waals surface area (Å²) in [5, 5.41) is 0. The molecular weight excluding hydrogens is 247 g/mol. The van der Waals surface area contributed by atoms with Crippen molar-refractivity contribution in [2.45, 2.75) is 37.6 Å². The topological polar surface area (TPSA) is 3.24 Å². The van der Waals surface area contributed by atoms with E-state index in [-0.39, 0.29) is 6.54 Å². The third-order valence-corrected chi connectivity index (χ3v) is 3.20. The van der Waals surface area contributed by atoms with E-state index in [0.29, 0.717) is 10.5 Å². The standard InChI is InChI=1S/C12H16F3NS/c1-9(2)16(12(13,14)15)8-10-4-6-11(17-3)7-5-10/h4-7,9H,8H2,1-3H3. The molecule has 0 bridgehead atoms. The molecule has 0 aliphatic heterocycles. The van der Waals surface area contributed by atoms with Crippen LogP contribution in [0.25, 0.3) is 0 Å². The molecule has 0 spiro atoms. The second-order valence-corrected chi connectivity index (χ2v) is 4.92. The van der Waals surface area contributed by atoms with Crippen LogP contribution in [0, 0.1) is 0 Å². The number of rotatable bonds is 4. The number of thioether (sulfide) groups is 1. The van der Waals surface area contributed by atoms with Gasteiger partial charge in [0.25, 0.3) is 0 Å². The van der Waals surface area contributed by atoms with Crippen LogP contribution in [0.4, 0.5) is 13.2 Å². The maximum Gasteiger partial charge on any atom is 0.460 e. The van der Waals surface area contributed by atoms with Crippen LogP contribution < -0.4 is 0 Å². The van der Waals surface area contributed by atoms with E-state index >= 15 is 0 Å². The smallest absolute Gasteiger partial charge is 0.208 e. The van der Waals surface area contributed by atoms with E-state index in [1.807, 2.05) is 18.4 Å². The van der Waals surface area contributed by atoms with E-state index in [0.717, 1.165) is 4.90 Å². The van der Waals surface area contributed by atoms with Gasteiger partial charge in [-0.25, -0.2) is 4.90 Å². The summed E-state index contributed by atoms with van der Waals surface area (Å²) < 4.78 is 38.2. The van der Waals surface area contributed by atoms with Gasteiger partial charge in [0.05, 0.1) is 0 Å². The fourth-order valence-electron chi connectivity index (χ4n) is 1.49. The Balaban J connectivity index is 2.79. The van der Waals surface area contributed by atoms with Crippen molar-refractivity contribution < 1.29 is 13.2 Å². The lowest BCUT2D eigenvalue weighted by Crippen LogP contribution is -2.42. The van der Waals surface area contributed by atoms with Gasteiger partial charge in [0, 0.05) is 17.5 Å². The number of nitrogens with zero attached hydrogens (tertiary/aromatic N) is 1. The Kier molecular flexibility index (Phi) is 4.89. The number of hydrogen-bond donors (Lipinski definition) is 0. The molecule has 17 heavy (non-hydrogen) atoms. The van der Waals surface area contributed by atoms with Crippen molar-refractivity contribution in [1.29, 1.82) is 0 Å². The number of benzene rings is 1. The van der Waals surface area contributed by atoms with Crippen molar-refractivity contribution in [3.8, 4) is 0 Å². The van der Waals surface area contributed by atoms with Crippen LogP contribution in [-0.4, -0.2) is 23.5 Å². The van der Waals surface area contributed by atoms with Gasteiger partial charge in [0.15, 0.2) is 0 Å². The predicted molar refractivity (Wildman–Crippen MR) is 65.0 cm³/mol. The first-order valence-corrected chi connectivity index (χ1v) is 6.53. The monoisotopic (exact) mass is 263 g/mol. The van der Waals surface area contributed by atoms with Crippen LogP contribution in [0.5, 0.6) is 0 Å². The largest absolute Gasteiger partial charge is 0.460 e. The summed E-state index contributed by atoms with van der Waals surface area (Å²) in [6.45, 7) is 2.99. The van der Waals surface area contributed by atoms with E-state index < -0.39 is 12.3 Å². The van der Waals surface area contributed by atoms with E-state index in [4.69, 9.17) is 0 Å². The SMILES string of the molecule is CSc1ccc(CN(C(C)C)C(F)(F)F)cc1. The van der Waals surface area contributed by atoms with Gasteiger partial charge in [-0.3, -0.25) is 0 Å². The van der Waals surface area contributed by atoms with Crippen LogP contribution in [0.1, 0.15) is 19.4 Å². The molecule has 5 heteroatoms. The highest BCUT2D eigenvalue weighted by atomic mass is 32.2. The van der Waals surface area contributed by atoms with Crippen LogP contribution in [0.2, 0.25) is 0 Å². The molecule has 0 amide bonds. The first kappa shape index (κ1) is 14.4. The summed E-state index contributed by atoms with van der Waals surface area (Å²) in [4.78, 5) is 1.58. The van der Waals surface area contributed by atoms with Gasteiger partial charge in [-0.1, -0.05) is 12.1 Å². The molecule has 0 fully saturated rings. The summed E-state index contributed by atoms with van der Waals surface area (Å²) >= 11 is 1.57. The Bertz CT molecular complexity index is 346. The summed E-state index contributed by atoms with van der Waals surface area (Å²) in [6.07, 6.45) is -2.35. The van der Waals surface area contributed by atoms with Gasteiger partial charge in [0.2, 0.25) is 0 Å². The van der Waals surface area contributed by atoms with Crippen LogP contribution in [0.3, 0.4) is 0 Å². The number of hydrogen-bond acceptors (Lipinski definition) is 2. The van der Waals surface area contributed by atoms with Gasteiger partial charge < -0.3 is 0 Å². The number of halogens is 3. The third kappa shape index (κ3) is 4.24.